The van der Waals surface area contributed by atoms with Crippen LogP contribution in [0.2, 0.25) is 0 Å². The van der Waals surface area contributed by atoms with Crippen molar-refractivity contribution in [2.75, 3.05) is 18.5 Å². The molecule has 0 saturated heterocycles. The van der Waals surface area contributed by atoms with Crippen molar-refractivity contribution in [3.05, 3.63) is 83.0 Å². The van der Waals surface area contributed by atoms with Gasteiger partial charge in [0.05, 0.1) is 18.5 Å². The highest BCUT2D eigenvalue weighted by Gasteiger charge is 2.53. The number of fused-ring (bicyclic) bond motifs is 3. The monoisotopic (exact) mass is 482 g/mol. The molecule has 36 heavy (non-hydrogen) atoms. The number of amides is 1. The Morgan fingerprint density at radius 1 is 1.17 bits per heavy atom. The van der Waals surface area contributed by atoms with Crippen molar-refractivity contribution in [2.45, 2.75) is 39.2 Å². The van der Waals surface area contributed by atoms with Gasteiger partial charge in [0.1, 0.15) is 23.0 Å². The van der Waals surface area contributed by atoms with E-state index in [-0.39, 0.29) is 5.91 Å². The quantitative estimate of drug-likeness (QED) is 0.247. The normalized spacial score (nSPS) is 18.8. The highest BCUT2D eigenvalue weighted by molar-refractivity contribution is 6.11. The number of anilines is 1. The molecule has 2 aliphatic rings. The zero-order valence-electron chi connectivity index (χ0n) is 20.4. The third-order valence-electron chi connectivity index (χ3n) is 7.39. The Bertz CT molecular complexity index is 1500. The van der Waals surface area contributed by atoms with Gasteiger partial charge in [-0.05, 0) is 43.2 Å². The lowest BCUT2D eigenvalue weighted by atomic mass is 10.1. The van der Waals surface area contributed by atoms with Gasteiger partial charge in [-0.25, -0.2) is 14.5 Å². The van der Waals surface area contributed by atoms with Gasteiger partial charge in [0.25, 0.3) is 11.7 Å². The summed E-state index contributed by atoms with van der Waals surface area (Å²) in [4.78, 5) is 23.1. The molecule has 1 fully saturated rings. The summed E-state index contributed by atoms with van der Waals surface area (Å²) in [6.45, 7) is 5.31. The number of ether oxygens (including phenoxy) is 1. The number of benzene rings is 1. The Balaban J connectivity index is 1.32. The number of nitrogens with one attached hydrogen (secondary N) is 1. The van der Waals surface area contributed by atoms with E-state index in [2.05, 4.69) is 12.2 Å². The lowest BCUT2D eigenvalue weighted by Crippen LogP contribution is -2.48. The first-order valence-corrected chi connectivity index (χ1v) is 12.4. The average Bonchev–Trinajstić information content (AvgIpc) is 3.75. The van der Waals surface area contributed by atoms with Crippen molar-refractivity contribution in [3.8, 4) is 5.75 Å². The van der Waals surface area contributed by atoms with Crippen LogP contribution >= 0.6 is 0 Å². The van der Waals surface area contributed by atoms with E-state index in [9.17, 15) is 10.0 Å². The van der Waals surface area contributed by atoms with Crippen molar-refractivity contribution in [1.82, 2.24) is 14.5 Å². The topological polar surface area (TPSA) is 91.0 Å². The van der Waals surface area contributed by atoms with Crippen molar-refractivity contribution in [3.63, 3.8) is 0 Å². The number of aromatic nitrogens is 3. The Hall–Kier alpha value is -4.04. The number of rotatable bonds is 6. The van der Waals surface area contributed by atoms with Crippen LogP contribution in [0.3, 0.4) is 0 Å². The van der Waals surface area contributed by atoms with E-state index < -0.39 is 0 Å². The summed E-state index contributed by atoms with van der Waals surface area (Å²) in [7, 11) is 0. The number of carbonyl (C=O) groups is 1. The molecule has 1 amide bonds. The fourth-order valence-electron chi connectivity index (χ4n) is 5.41. The molecular weight excluding hydrogens is 454 g/mol. The maximum atomic E-state index is 13.4. The van der Waals surface area contributed by atoms with Gasteiger partial charge in [0, 0.05) is 43.8 Å². The molecule has 0 spiro atoms. The van der Waals surface area contributed by atoms with Crippen LogP contribution in [-0.2, 0) is 6.42 Å². The summed E-state index contributed by atoms with van der Waals surface area (Å²) in [5.74, 6) is 2.15. The standard InChI is InChI=1S/C28H27N5O3/c1-3-33(20-8-9-20)26-22(28(34)31-25-18(2)10-13-29-27(25)33)16-19(17-30-26)12-15-36-24-11-14-32(35)23-7-5-4-6-21(23)24/h4-7,10-11,13-14,16-17,20H,3,8-9,12,15H2,1-2H3/p+1. The van der Waals surface area contributed by atoms with E-state index in [1.807, 2.05) is 49.6 Å². The molecule has 8 heteroatoms. The van der Waals surface area contributed by atoms with Crippen molar-refractivity contribution in [1.29, 1.82) is 0 Å². The molecule has 6 rings (SSSR count). The van der Waals surface area contributed by atoms with Gasteiger partial charge in [-0.1, -0.05) is 12.1 Å². The summed E-state index contributed by atoms with van der Waals surface area (Å²) in [6, 6.07) is 13.3. The number of pyridine rings is 3. The summed E-state index contributed by atoms with van der Waals surface area (Å²) >= 11 is 0. The van der Waals surface area contributed by atoms with E-state index in [0.29, 0.717) is 40.4 Å². The second-order valence-corrected chi connectivity index (χ2v) is 9.53. The first-order valence-electron chi connectivity index (χ1n) is 12.4. The molecule has 1 aliphatic carbocycles. The van der Waals surface area contributed by atoms with Gasteiger partial charge in [-0.2, -0.15) is 4.73 Å². The number of hydrogen-bond acceptors (Lipinski definition) is 5. The summed E-state index contributed by atoms with van der Waals surface area (Å²) in [6.07, 6.45) is 7.89. The van der Waals surface area contributed by atoms with Gasteiger partial charge in [-0.3, -0.25) is 4.79 Å². The number of para-hydroxylation sites is 1. The Kier molecular flexibility index (Phi) is 5.34. The Morgan fingerprint density at radius 3 is 2.81 bits per heavy atom. The zero-order valence-corrected chi connectivity index (χ0v) is 20.4. The van der Waals surface area contributed by atoms with Gasteiger partial charge >= 0.3 is 0 Å². The second-order valence-electron chi connectivity index (χ2n) is 9.53. The summed E-state index contributed by atoms with van der Waals surface area (Å²) in [5.41, 5.74) is 3.88. The van der Waals surface area contributed by atoms with Crippen LogP contribution in [0, 0.1) is 12.1 Å². The largest absolute Gasteiger partial charge is 0.618 e. The minimum atomic E-state index is -0.152. The van der Waals surface area contributed by atoms with Gasteiger partial charge < -0.3 is 15.3 Å². The maximum Gasteiger partial charge on any atom is 0.263 e. The van der Waals surface area contributed by atoms with E-state index in [1.54, 1.807) is 12.1 Å². The van der Waals surface area contributed by atoms with Crippen LogP contribution in [0.15, 0.2) is 61.1 Å². The van der Waals surface area contributed by atoms with E-state index >= 15 is 0 Å². The zero-order chi connectivity index (χ0) is 24.9. The lowest BCUT2D eigenvalue weighted by molar-refractivity contribution is -0.577. The van der Waals surface area contributed by atoms with Crippen LogP contribution in [0.1, 0.15) is 41.3 Å². The minimum Gasteiger partial charge on any atom is -0.618 e. The van der Waals surface area contributed by atoms with Crippen molar-refractivity contribution in [2.24, 2.45) is 0 Å². The van der Waals surface area contributed by atoms with Crippen molar-refractivity contribution >= 4 is 34.1 Å². The van der Waals surface area contributed by atoms with Crippen LogP contribution < -0.4 is 19.3 Å². The number of quaternary nitrogens is 1. The first kappa shape index (κ1) is 22.4. The molecule has 1 unspecified atom stereocenters. The van der Waals surface area contributed by atoms with Crippen LogP contribution in [0.25, 0.3) is 10.9 Å². The molecule has 4 aromatic rings. The highest BCUT2D eigenvalue weighted by Crippen LogP contribution is 2.50. The Morgan fingerprint density at radius 2 is 2.00 bits per heavy atom. The second kappa shape index (κ2) is 8.57. The molecular formula is C28H28N5O3+. The maximum absolute atomic E-state index is 13.4. The fourth-order valence-corrected chi connectivity index (χ4v) is 5.41. The third kappa shape index (κ3) is 3.48. The molecule has 4 heterocycles. The smallest absolute Gasteiger partial charge is 0.263 e. The highest BCUT2D eigenvalue weighted by atomic mass is 16.5. The molecule has 0 bridgehead atoms. The van der Waals surface area contributed by atoms with Gasteiger partial charge in [0.15, 0.2) is 6.20 Å². The average molecular weight is 483 g/mol. The van der Waals surface area contributed by atoms with Crippen LogP contribution in [-0.4, -0.2) is 35.1 Å². The SMILES string of the molecule is CC[N+]1(C2CC2)c2ncc(CCOc3cc[n+]([O-])c4ccccc34)cc2C(=O)Nc2c(C)ccnc21. The van der Waals surface area contributed by atoms with E-state index in [1.165, 1.54) is 6.20 Å². The molecule has 182 valence electrons. The van der Waals surface area contributed by atoms with Crippen LogP contribution in [0.4, 0.5) is 17.3 Å². The number of aryl methyl sites for hydroxylation is 1. The van der Waals surface area contributed by atoms with Crippen molar-refractivity contribution < 1.29 is 14.3 Å². The molecule has 0 radical (unpaired) electrons. The number of nitrogens with zero attached hydrogens (tertiary/aromatic N) is 4. The lowest BCUT2D eigenvalue weighted by Gasteiger charge is -2.35. The number of carbonyl (C=O) groups excluding carboxylic acids is 1. The molecule has 1 aromatic carbocycles. The fraction of sp³-hybridized carbons (Fsp3) is 0.286. The first-order chi connectivity index (χ1) is 17.5. The molecule has 1 atom stereocenters. The van der Waals surface area contributed by atoms with E-state index in [4.69, 9.17) is 14.7 Å². The molecule has 3 aromatic heterocycles. The number of hydrogen-bond donors (Lipinski definition) is 1. The van der Waals surface area contributed by atoms with Gasteiger partial charge in [0.2, 0.25) is 11.3 Å². The molecule has 1 aliphatic heterocycles. The predicted molar refractivity (Wildman–Crippen MR) is 138 cm³/mol. The molecule has 1 N–H and O–H groups in total. The summed E-state index contributed by atoms with van der Waals surface area (Å²) < 4.78 is 7.39. The predicted octanol–water partition coefficient (Wildman–Crippen LogP) is 4.58. The molecule has 1 saturated carbocycles. The van der Waals surface area contributed by atoms with Gasteiger partial charge in [-0.15, -0.1) is 0 Å². The van der Waals surface area contributed by atoms with Crippen LogP contribution in [0.5, 0.6) is 5.75 Å². The Labute approximate surface area is 209 Å². The minimum absolute atomic E-state index is 0.152. The third-order valence-corrected chi connectivity index (χ3v) is 7.39. The summed E-state index contributed by atoms with van der Waals surface area (Å²) in [5, 5.41) is 16.0. The molecule has 8 nitrogen and oxygen atoms in total. The van der Waals surface area contributed by atoms with E-state index in [0.717, 1.165) is 58.0 Å².